The van der Waals surface area contributed by atoms with Crippen LogP contribution >= 0.6 is 0 Å². The van der Waals surface area contributed by atoms with Crippen LogP contribution in [0.2, 0.25) is 0 Å². The van der Waals surface area contributed by atoms with Crippen molar-refractivity contribution >= 4 is 0 Å². The first kappa shape index (κ1) is 24.0. The molecule has 0 saturated heterocycles. The maximum atomic E-state index is 12.4. The Morgan fingerprint density at radius 1 is 0.788 bits per heavy atom. The third kappa shape index (κ3) is 6.91. The smallest absolute Gasteiger partial charge is 0.485 e. The van der Waals surface area contributed by atoms with Gasteiger partial charge in [-0.2, -0.15) is 5.26 Å². The molecule has 0 amide bonds. The molecule has 0 spiro atoms. The van der Waals surface area contributed by atoms with Crippen LogP contribution in [-0.2, 0) is 12.0 Å². The van der Waals surface area contributed by atoms with Crippen LogP contribution in [0.15, 0.2) is 66.7 Å². The minimum absolute atomic E-state index is 0.0601. The van der Waals surface area contributed by atoms with E-state index in [1.807, 2.05) is 18.2 Å². The third-order valence-electron chi connectivity index (χ3n) is 4.87. The number of rotatable bonds is 7. The van der Waals surface area contributed by atoms with Crippen molar-refractivity contribution in [3.8, 4) is 34.4 Å². The van der Waals surface area contributed by atoms with Crippen LogP contribution in [0.3, 0.4) is 0 Å². The van der Waals surface area contributed by atoms with Crippen molar-refractivity contribution in [2.45, 2.75) is 39.2 Å². The van der Waals surface area contributed by atoms with Crippen LogP contribution < -0.4 is 14.2 Å². The van der Waals surface area contributed by atoms with Crippen LogP contribution in [0.4, 0.5) is 13.2 Å². The molecule has 0 aliphatic heterocycles. The number of hydrogen-bond acceptors (Lipinski definition) is 4. The maximum absolute atomic E-state index is 12.4. The molecule has 0 saturated carbocycles. The van der Waals surface area contributed by atoms with E-state index in [-0.39, 0.29) is 17.8 Å². The van der Waals surface area contributed by atoms with Crippen molar-refractivity contribution in [2.24, 2.45) is 0 Å². The number of nitriles is 1. The fraction of sp³-hybridized carbons (Fsp3) is 0.269. The highest BCUT2D eigenvalue weighted by atomic mass is 19.4. The standard InChI is InChI=1S/C26H24F3NO3/c1-25(2,3)21-9-4-18(5-10-21)17-32-23-13-8-20(16-24(23)31-15-14-30)19-6-11-22(12-7-19)33-26(27,28)29/h4-13,16H,15,17H2,1-3H3. The van der Waals surface area contributed by atoms with E-state index in [0.717, 1.165) is 5.56 Å². The molecule has 3 rings (SSSR count). The van der Waals surface area contributed by atoms with Gasteiger partial charge < -0.3 is 14.2 Å². The fourth-order valence-corrected chi connectivity index (χ4v) is 3.14. The quantitative estimate of drug-likeness (QED) is 0.384. The average Bonchev–Trinajstić information content (AvgIpc) is 2.75. The number of benzene rings is 3. The normalized spacial score (nSPS) is 11.5. The minimum atomic E-state index is -4.74. The van der Waals surface area contributed by atoms with Gasteiger partial charge in [-0.1, -0.05) is 63.2 Å². The van der Waals surface area contributed by atoms with E-state index in [1.165, 1.54) is 29.8 Å². The van der Waals surface area contributed by atoms with Gasteiger partial charge in [-0.05, 0) is 51.9 Å². The molecule has 0 heterocycles. The van der Waals surface area contributed by atoms with Gasteiger partial charge in [0.05, 0.1) is 0 Å². The Balaban J connectivity index is 1.77. The number of halogens is 3. The lowest BCUT2D eigenvalue weighted by molar-refractivity contribution is -0.274. The first-order valence-electron chi connectivity index (χ1n) is 10.3. The van der Waals surface area contributed by atoms with Gasteiger partial charge in [-0.15, -0.1) is 13.2 Å². The van der Waals surface area contributed by atoms with Gasteiger partial charge in [0.1, 0.15) is 18.4 Å². The number of ether oxygens (including phenoxy) is 3. The Hall–Kier alpha value is -3.66. The van der Waals surface area contributed by atoms with Crippen LogP contribution in [0, 0.1) is 11.3 Å². The Bertz CT molecular complexity index is 1110. The molecule has 0 unspecified atom stereocenters. The molecule has 0 N–H and O–H groups in total. The van der Waals surface area contributed by atoms with Crippen LogP contribution in [0.25, 0.3) is 11.1 Å². The van der Waals surface area contributed by atoms with E-state index in [1.54, 1.807) is 18.2 Å². The van der Waals surface area contributed by atoms with Crippen molar-refractivity contribution in [2.75, 3.05) is 6.61 Å². The second-order valence-corrected chi connectivity index (χ2v) is 8.42. The molecule has 0 aromatic heterocycles. The Labute approximate surface area is 191 Å². The Morgan fingerprint density at radius 2 is 1.42 bits per heavy atom. The first-order chi connectivity index (χ1) is 15.5. The highest BCUT2D eigenvalue weighted by Crippen LogP contribution is 2.34. The molecule has 0 aliphatic rings. The number of nitrogens with zero attached hydrogens (tertiary/aromatic N) is 1. The minimum Gasteiger partial charge on any atom is -0.485 e. The van der Waals surface area contributed by atoms with Gasteiger partial charge in [0, 0.05) is 0 Å². The molecular weight excluding hydrogens is 431 g/mol. The summed E-state index contributed by atoms with van der Waals surface area (Å²) >= 11 is 0. The van der Waals surface area contributed by atoms with Crippen molar-refractivity contribution in [1.82, 2.24) is 0 Å². The summed E-state index contributed by atoms with van der Waals surface area (Å²) in [5.74, 6) is 0.534. The predicted octanol–water partition coefficient (Wildman–Crippen LogP) is 7.03. The van der Waals surface area contributed by atoms with Crippen molar-refractivity contribution in [3.05, 3.63) is 77.9 Å². The van der Waals surface area contributed by atoms with Gasteiger partial charge in [-0.3, -0.25) is 0 Å². The number of alkyl halides is 3. The molecule has 0 radical (unpaired) electrons. The van der Waals surface area contributed by atoms with Gasteiger partial charge in [0.2, 0.25) is 0 Å². The summed E-state index contributed by atoms with van der Waals surface area (Å²) < 4.78 is 52.5. The summed E-state index contributed by atoms with van der Waals surface area (Å²) in [6, 6.07) is 20.8. The van der Waals surface area contributed by atoms with E-state index in [0.29, 0.717) is 29.2 Å². The molecule has 172 valence electrons. The maximum Gasteiger partial charge on any atom is 0.573 e. The monoisotopic (exact) mass is 455 g/mol. The second-order valence-electron chi connectivity index (χ2n) is 8.42. The van der Waals surface area contributed by atoms with E-state index in [4.69, 9.17) is 14.7 Å². The molecule has 0 bridgehead atoms. The molecule has 3 aromatic rings. The fourth-order valence-electron chi connectivity index (χ4n) is 3.14. The Morgan fingerprint density at radius 3 is 2.00 bits per heavy atom. The largest absolute Gasteiger partial charge is 0.573 e. The number of hydrogen-bond donors (Lipinski definition) is 0. The summed E-state index contributed by atoms with van der Waals surface area (Å²) in [6.45, 7) is 6.59. The SMILES string of the molecule is CC(C)(C)c1ccc(COc2ccc(-c3ccc(OC(F)(F)F)cc3)cc2OCC#N)cc1. The summed E-state index contributed by atoms with van der Waals surface area (Å²) in [4.78, 5) is 0. The lowest BCUT2D eigenvalue weighted by Crippen LogP contribution is -2.16. The van der Waals surface area contributed by atoms with Crippen molar-refractivity contribution in [1.29, 1.82) is 5.26 Å². The highest BCUT2D eigenvalue weighted by Gasteiger charge is 2.31. The van der Waals surface area contributed by atoms with E-state index < -0.39 is 6.36 Å². The van der Waals surface area contributed by atoms with Gasteiger partial charge >= 0.3 is 6.36 Å². The topological polar surface area (TPSA) is 51.5 Å². The van der Waals surface area contributed by atoms with Crippen molar-refractivity contribution < 1.29 is 27.4 Å². The lowest BCUT2D eigenvalue weighted by Gasteiger charge is -2.19. The van der Waals surface area contributed by atoms with Gasteiger partial charge in [0.25, 0.3) is 0 Å². The molecule has 3 aromatic carbocycles. The summed E-state index contributed by atoms with van der Waals surface area (Å²) in [7, 11) is 0. The second kappa shape index (κ2) is 9.86. The van der Waals surface area contributed by atoms with Crippen LogP contribution in [-0.4, -0.2) is 13.0 Å². The highest BCUT2D eigenvalue weighted by molar-refractivity contribution is 5.67. The molecule has 0 atom stereocenters. The summed E-state index contributed by atoms with van der Waals surface area (Å²) in [6.07, 6.45) is -4.74. The van der Waals surface area contributed by atoms with E-state index in [2.05, 4.69) is 37.6 Å². The van der Waals surface area contributed by atoms with Crippen LogP contribution in [0.5, 0.6) is 17.2 Å². The van der Waals surface area contributed by atoms with Gasteiger partial charge in [0.15, 0.2) is 18.1 Å². The molecule has 4 nitrogen and oxygen atoms in total. The lowest BCUT2D eigenvalue weighted by atomic mass is 9.87. The van der Waals surface area contributed by atoms with Gasteiger partial charge in [-0.25, -0.2) is 0 Å². The zero-order chi connectivity index (χ0) is 24.1. The summed E-state index contributed by atoms with van der Waals surface area (Å²) in [5.41, 5.74) is 3.63. The molecule has 0 aliphatic carbocycles. The van der Waals surface area contributed by atoms with Crippen molar-refractivity contribution in [3.63, 3.8) is 0 Å². The van der Waals surface area contributed by atoms with E-state index >= 15 is 0 Å². The van der Waals surface area contributed by atoms with E-state index in [9.17, 15) is 13.2 Å². The summed E-state index contributed by atoms with van der Waals surface area (Å²) in [5, 5.41) is 8.91. The molecule has 33 heavy (non-hydrogen) atoms. The molecule has 7 heteroatoms. The predicted molar refractivity (Wildman–Crippen MR) is 119 cm³/mol. The average molecular weight is 455 g/mol. The zero-order valence-electron chi connectivity index (χ0n) is 18.6. The zero-order valence-corrected chi connectivity index (χ0v) is 18.6. The Kier molecular flexibility index (Phi) is 7.17. The molecular formula is C26H24F3NO3. The first-order valence-corrected chi connectivity index (χ1v) is 10.3. The molecule has 0 fully saturated rings. The van der Waals surface area contributed by atoms with Crippen LogP contribution in [0.1, 0.15) is 31.9 Å². The third-order valence-corrected chi connectivity index (χ3v) is 4.87.